The van der Waals surface area contributed by atoms with Crippen molar-refractivity contribution < 1.29 is 9.59 Å². The predicted octanol–water partition coefficient (Wildman–Crippen LogP) is 5.04. The topological polar surface area (TPSA) is 61.4 Å². The van der Waals surface area contributed by atoms with Crippen LogP contribution in [0.5, 0.6) is 0 Å². The molecule has 3 aromatic carbocycles. The van der Waals surface area contributed by atoms with Crippen molar-refractivity contribution >= 4 is 29.1 Å². The monoisotopic (exact) mass is 463 g/mol. The van der Waals surface area contributed by atoms with Gasteiger partial charge in [0.1, 0.15) is 0 Å². The number of carbonyl (C=O) groups is 2. The molecule has 0 aromatic heterocycles. The Morgan fingerprint density at radius 1 is 0.848 bits per heavy atom. The largest absolute Gasteiger partial charge is 0.344 e. The van der Waals surface area contributed by atoms with Crippen LogP contribution in [0.25, 0.3) is 0 Å². The van der Waals surface area contributed by atoms with E-state index in [-0.39, 0.29) is 30.9 Å². The number of nitrogens with one attached hydrogen (secondary N) is 2. The number of hydrogen-bond donors (Lipinski definition) is 2. The van der Waals surface area contributed by atoms with Crippen molar-refractivity contribution in [3.63, 3.8) is 0 Å². The summed E-state index contributed by atoms with van der Waals surface area (Å²) in [4.78, 5) is 27.1. The van der Waals surface area contributed by atoms with Gasteiger partial charge in [0.05, 0.1) is 19.1 Å². The van der Waals surface area contributed by atoms with Crippen molar-refractivity contribution in [2.24, 2.45) is 0 Å². The van der Waals surface area contributed by atoms with Crippen LogP contribution < -0.4 is 10.6 Å². The summed E-state index contributed by atoms with van der Waals surface area (Å²) < 4.78 is 0. The minimum atomic E-state index is -0.309. The zero-order chi connectivity index (χ0) is 24.0. The maximum absolute atomic E-state index is 12.9. The molecule has 172 valence electrons. The maximum Gasteiger partial charge on any atom is 0.238 e. The molecule has 0 saturated heterocycles. The lowest BCUT2D eigenvalue weighted by Crippen LogP contribution is -2.40. The minimum absolute atomic E-state index is 0.0935. The molecule has 3 rings (SSSR count). The standard InChI is InChI=1S/C27H30ClN3O2/c1-18-14-19(2)26(20(3)15-18)29-24(32)16-31(4)17-25(33)30-27(21-8-6-5-7-9-21)22-10-12-23(28)13-11-22/h5-15,27H,16-17H2,1-4H3,(H,29,32)(H,30,33)/t27-/m0/s1. The van der Waals surface area contributed by atoms with Gasteiger partial charge in [-0.2, -0.15) is 0 Å². The average Bonchev–Trinajstić information content (AvgIpc) is 2.76. The van der Waals surface area contributed by atoms with E-state index in [0.717, 1.165) is 33.5 Å². The van der Waals surface area contributed by atoms with Crippen molar-refractivity contribution in [2.45, 2.75) is 26.8 Å². The van der Waals surface area contributed by atoms with Crippen molar-refractivity contribution in [1.82, 2.24) is 10.2 Å². The second-order valence-electron chi connectivity index (χ2n) is 8.46. The van der Waals surface area contributed by atoms with Gasteiger partial charge in [-0.3, -0.25) is 14.5 Å². The summed E-state index contributed by atoms with van der Waals surface area (Å²) >= 11 is 6.04. The molecule has 2 amide bonds. The van der Waals surface area contributed by atoms with Crippen molar-refractivity contribution in [3.8, 4) is 0 Å². The number of aryl methyl sites for hydroxylation is 3. The lowest BCUT2D eigenvalue weighted by molar-refractivity contribution is -0.123. The molecule has 0 aliphatic rings. The van der Waals surface area contributed by atoms with Crippen molar-refractivity contribution in [3.05, 3.63) is 99.6 Å². The highest BCUT2D eigenvalue weighted by atomic mass is 35.5. The molecule has 0 aliphatic carbocycles. The SMILES string of the molecule is Cc1cc(C)c(NC(=O)CN(C)CC(=O)N[C@@H](c2ccccc2)c2ccc(Cl)cc2)c(C)c1. The lowest BCUT2D eigenvalue weighted by atomic mass is 9.98. The number of benzene rings is 3. The second kappa shape index (κ2) is 11.1. The van der Waals surface area contributed by atoms with Gasteiger partial charge in [0.25, 0.3) is 0 Å². The highest BCUT2D eigenvalue weighted by Gasteiger charge is 2.19. The van der Waals surface area contributed by atoms with Crippen LogP contribution in [-0.2, 0) is 9.59 Å². The van der Waals surface area contributed by atoms with Crippen LogP contribution in [0.2, 0.25) is 5.02 Å². The van der Waals surface area contributed by atoms with E-state index in [1.165, 1.54) is 0 Å². The molecule has 0 radical (unpaired) electrons. The number of likely N-dealkylation sites (N-methyl/N-ethyl adjacent to an activating group) is 1. The molecule has 33 heavy (non-hydrogen) atoms. The molecule has 0 saturated carbocycles. The first kappa shape index (κ1) is 24.5. The molecular weight excluding hydrogens is 434 g/mol. The maximum atomic E-state index is 12.9. The first-order valence-corrected chi connectivity index (χ1v) is 11.3. The highest BCUT2D eigenvalue weighted by Crippen LogP contribution is 2.24. The van der Waals surface area contributed by atoms with Crippen molar-refractivity contribution in [1.29, 1.82) is 0 Å². The molecule has 6 heteroatoms. The summed E-state index contributed by atoms with van der Waals surface area (Å²) in [6.07, 6.45) is 0. The van der Waals surface area contributed by atoms with Crippen LogP contribution in [-0.4, -0.2) is 36.9 Å². The summed E-state index contributed by atoms with van der Waals surface area (Å²) in [5, 5.41) is 6.72. The number of halogens is 1. The normalized spacial score (nSPS) is 11.8. The minimum Gasteiger partial charge on any atom is -0.344 e. The fourth-order valence-corrected chi connectivity index (χ4v) is 4.09. The summed E-state index contributed by atoms with van der Waals surface area (Å²) in [5.74, 6) is -0.325. The van der Waals surface area contributed by atoms with E-state index in [4.69, 9.17) is 11.6 Å². The molecule has 2 N–H and O–H groups in total. The van der Waals surface area contributed by atoms with Crippen LogP contribution in [0.4, 0.5) is 5.69 Å². The second-order valence-corrected chi connectivity index (χ2v) is 8.89. The Hall–Kier alpha value is -3.15. The molecule has 5 nitrogen and oxygen atoms in total. The Morgan fingerprint density at radius 3 is 2.00 bits per heavy atom. The van der Waals surface area contributed by atoms with E-state index in [2.05, 4.69) is 10.6 Å². The Kier molecular flexibility index (Phi) is 8.26. The van der Waals surface area contributed by atoms with Gasteiger partial charge >= 0.3 is 0 Å². The molecule has 0 unspecified atom stereocenters. The third-order valence-corrected chi connectivity index (χ3v) is 5.66. The number of carbonyl (C=O) groups excluding carboxylic acids is 2. The van der Waals surface area contributed by atoms with Gasteiger partial charge < -0.3 is 10.6 Å². The van der Waals surface area contributed by atoms with Gasteiger partial charge in [-0.25, -0.2) is 0 Å². The zero-order valence-corrected chi connectivity index (χ0v) is 20.2. The third-order valence-electron chi connectivity index (χ3n) is 5.41. The van der Waals surface area contributed by atoms with Crippen LogP contribution >= 0.6 is 11.6 Å². The number of anilines is 1. The van der Waals surface area contributed by atoms with E-state index in [1.54, 1.807) is 11.9 Å². The van der Waals surface area contributed by atoms with Gasteiger partial charge in [0.2, 0.25) is 11.8 Å². The first-order valence-electron chi connectivity index (χ1n) is 10.9. The fraction of sp³-hybridized carbons (Fsp3) is 0.259. The Bertz CT molecular complexity index is 1090. The smallest absolute Gasteiger partial charge is 0.238 e. The molecule has 0 bridgehead atoms. The van der Waals surface area contributed by atoms with Crippen LogP contribution in [0.1, 0.15) is 33.9 Å². The summed E-state index contributed by atoms with van der Waals surface area (Å²) in [5.41, 5.74) is 5.94. The molecule has 0 spiro atoms. The Morgan fingerprint density at radius 2 is 1.39 bits per heavy atom. The van der Waals surface area contributed by atoms with Crippen molar-refractivity contribution in [2.75, 3.05) is 25.5 Å². The highest BCUT2D eigenvalue weighted by molar-refractivity contribution is 6.30. The molecule has 1 atom stereocenters. The van der Waals surface area contributed by atoms with Gasteiger partial charge in [0.15, 0.2) is 0 Å². The molecule has 3 aromatic rings. The molecule has 0 fully saturated rings. The summed E-state index contributed by atoms with van der Waals surface area (Å²) in [7, 11) is 1.76. The fourth-order valence-electron chi connectivity index (χ4n) is 3.97. The zero-order valence-electron chi connectivity index (χ0n) is 19.5. The molecular formula is C27H30ClN3O2. The number of hydrogen-bond acceptors (Lipinski definition) is 3. The van der Waals surface area contributed by atoms with E-state index in [0.29, 0.717) is 5.02 Å². The number of rotatable bonds is 8. The number of amides is 2. The predicted molar refractivity (Wildman–Crippen MR) is 135 cm³/mol. The summed E-state index contributed by atoms with van der Waals surface area (Å²) in [6.45, 7) is 6.19. The van der Waals surface area contributed by atoms with Gasteiger partial charge in [0, 0.05) is 10.7 Å². The van der Waals surface area contributed by atoms with Crippen LogP contribution in [0.15, 0.2) is 66.7 Å². The Labute approximate surface area is 200 Å². The third kappa shape index (κ3) is 6.91. The van der Waals surface area contributed by atoms with Crippen LogP contribution in [0, 0.1) is 20.8 Å². The first-order chi connectivity index (χ1) is 15.7. The quantitative estimate of drug-likeness (QED) is 0.492. The van der Waals surface area contributed by atoms with Gasteiger partial charge in [-0.05, 0) is 62.2 Å². The Balaban J connectivity index is 1.63. The summed E-state index contributed by atoms with van der Waals surface area (Å²) in [6, 6.07) is 21.0. The average molecular weight is 464 g/mol. The van der Waals surface area contributed by atoms with E-state index >= 15 is 0 Å². The van der Waals surface area contributed by atoms with E-state index < -0.39 is 0 Å². The molecule has 0 aliphatic heterocycles. The van der Waals surface area contributed by atoms with Crippen LogP contribution in [0.3, 0.4) is 0 Å². The molecule has 0 heterocycles. The van der Waals surface area contributed by atoms with Gasteiger partial charge in [-0.15, -0.1) is 0 Å². The number of nitrogens with zero attached hydrogens (tertiary/aromatic N) is 1. The van der Waals surface area contributed by atoms with E-state index in [9.17, 15) is 9.59 Å². The lowest BCUT2D eigenvalue weighted by Gasteiger charge is -2.22. The van der Waals surface area contributed by atoms with Gasteiger partial charge in [-0.1, -0.05) is 71.8 Å². The van der Waals surface area contributed by atoms with E-state index in [1.807, 2.05) is 87.5 Å².